The molecule has 0 atom stereocenters. The zero-order valence-electron chi connectivity index (χ0n) is 19.8. The molecule has 0 radical (unpaired) electrons. The number of aromatic nitrogens is 4. The highest BCUT2D eigenvalue weighted by atomic mass is 19.4. The summed E-state index contributed by atoms with van der Waals surface area (Å²) in [5.41, 5.74) is 3.64. The lowest BCUT2D eigenvalue weighted by atomic mass is 10.0. The molecule has 1 saturated heterocycles. The molecule has 0 amide bonds. The molecule has 1 aliphatic heterocycles. The number of nitriles is 1. The Bertz CT molecular complexity index is 1240. The van der Waals surface area contributed by atoms with Crippen LogP contribution >= 0.6 is 0 Å². The Kier molecular flexibility index (Phi) is 7.64. The molecule has 3 aromatic rings. The summed E-state index contributed by atoms with van der Waals surface area (Å²) in [6, 6.07) is 9.12. The second kappa shape index (κ2) is 10.9. The monoisotopic (exact) mass is 497 g/mol. The molecular weight excluding hydrogens is 471 g/mol. The van der Waals surface area contributed by atoms with Crippen LogP contribution in [0.1, 0.15) is 47.6 Å². The summed E-state index contributed by atoms with van der Waals surface area (Å²) < 4.78 is 39.6. The fourth-order valence-corrected chi connectivity index (χ4v) is 4.25. The van der Waals surface area contributed by atoms with E-state index in [1.807, 2.05) is 31.3 Å². The normalized spacial score (nSPS) is 15.0. The minimum Gasteiger partial charge on any atom is -0.321 e. The number of ketones is 1. The standard InChI is InChI=1S/C25H26F3N7O/c1-17-13-30-24(33-23(17)19-6-4-18(5-7-19)22(36)3-2-10-29)32-20-14-31-35(15-20)21-8-11-34(12-9-21)16-25(26,27)28/h4-7,13-15,21H,2-3,8-9,11-12,16H2,1H3,(H,30,32,33). The highest BCUT2D eigenvalue weighted by Gasteiger charge is 2.33. The number of carbonyl (C=O) groups excluding carboxylic acids is 1. The van der Waals surface area contributed by atoms with Crippen LogP contribution in [0.15, 0.2) is 42.9 Å². The van der Waals surface area contributed by atoms with Gasteiger partial charge >= 0.3 is 6.18 Å². The van der Waals surface area contributed by atoms with Gasteiger partial charge in [0.1, 0.15) is 0 Å². The van der Waals surface area contributed by atoms with Crippen molar-refractivity contribution in [3.8, 4) is 17.3 Å². The molecule has 0 unspecified atom stereocenters. The first-order valence-electron chi connectivity index (χ1n) is 11.7. The number of piperidine rings is 1. The SMILES string of the molecule is Cc1cnc(Nc2cnn(C3CCN(CC(F)(F)F)CC3)c2)nc1-c1ccc(C(=O)CCC#N)cc1. The number of nitrogens with zero attached hydrogens (tertiary/aromatic N) is 6. The summed E-state index contributed by atoms with van der Waals surface area (Å²) in [4.78, 5) is 22.5. The number of rotatable bonds is 8. The number of hydrogen-bond acceptors (Lipinski definition) is 7. The van der Waals surface area contributed by atoms with E-state index >= 15 is 0 Å². The van der Waals surface area contributed by atoms with Gasteiger partial charge in [0.15, 0.2) is 5.78 Å². The maximum absolute atomic E-state index is 12.6. The minimum absolute atomic E-state index is 0.0360. The second-order valence-electron chi connectivity index (χ2n) is 8.84. The van der Waals surface area contributed by atoms with Crippen molar-refractivity contribution in [1.29, 1.82) is 5.26 Å². The zero-order chi connectivity index (χ0) is 25.7. The molecule has 1 N–H and O–H groups in total. The Balaban J connectivity index is 1.41. The first-order chi connectivity index (χ1) is 17.2. The number of halogens is 3. The van der Waals surface area contributed by atoms with Crippen molar-refractivity contribution in [2.75, 3.05) is 25.0 Å². The highest BCUT2D eigenvalue weighted by molar-refractivity contribution is 5.96. The number of Topliss-reactive ketones (excluding diaryl/α,β-unsaturated/α-hetero) is 1. The number of alkyl halides is 3. The average Bonchev–Trinajstić information content (AvgIpc) is 3.32. The van der Waals surface area contributed by atoms with Gasteiger partial charge in [0, 0.05) is 49.5 Å². The molecule has 0 aliphatic carbocycles. The predicted octanol–water partition coefficient (Wildman–Crippen LogP) is 5.08. The Morgan fingerprint density at radius 2 is 1.92 bits per heavy atom. The maximum atomic E-state index is 12.6. The topological polar surface area (TPSA) is 99.7 Å². The van der Waals surface area contributed by atoms with Crippen molar-refractivity contribution < 1.29 is 18.0 Å². The van der Waals surface area contributed by atoms with Gasteiger partial charge in [-0.1, -0.05) is 24.3 Å². The molecule has 1 aromatic carbocycles. The Labute approximate surface area is 206 Å². The molecule has 188 valence electrons. The number of aryl methyl sites for hydroxylation is 1. The van der Waals surface area contributed by atoms with E-state index in [4.69, 9.17) is 5.26 Å². The smallest absolute Gasteiger partial charge is 0.321 e. The number of benzene rings is 1. The molecule has 1 aliphatic rings. The van der Waals surface area contributed by atoms with E-state index in [1.54, 1.807) is 29.2 Å². The third kappa shape index (κ3) is 6.46. The fourth-order valence-electron chi connectivity index (χ4n) is 4.25. The van der Waals surface area contributed by atoms with Gasteiger partial charge in [-0.25, -0.2) is 9.97 Å². The molecule has 3 heterocycles. The van der Waals surface area contributed by atoms with Crippen molar-refractivity contribution in [3.63, 3.8) is 0 Å². The van der Waals surface area contributed by atoms with E-state index < -0.39 is 12.7 Å². The molecule has 0 bridgehead atoms. The highest BCUT2D eigenvalue weighted by Crippen LogP contribution is 2.27. The van der Waals surface area contributed by atoms with Crippen LogP contribution in [0.5, 0.6) is 0 Å². The predicted molar refractivity (Wildman–Crippen MR) is 128 cm³/mol. The van der Waals surface area contributed by atoms with Crippen LogP contribution in [-0.2, 0) is 0 Å². The molecule has 8 nitrogen and oxygen atoms in total. The van der Waals surface area contributed by atoms with Gasteiger partial charge in [-0.15, -0.1) is 0 Å². The molecule has 36 heavy (non-hydrogen) atoms. The summed E-state index contributed by atoms with van der Waals surface area (Å²) >= 11 is 0. The van der Waals surface area contributed by atoms with E-state index in [0.717, 1.165) is 11.1 Å². The van der Waals surface area contributed by atoms with Crippen LogP contribution < -0.4 is 5.32 Å². The summed E-state index contributed by atoms with van der Waals surface area (Å²) in [6.45, 7) is 1.77. The summed E-state index contributed by atoms with van der Waals surface area (Å²) in [5.74, 6) is 0.303. The van der Waals surface area contributed by atoms with Gasteiger partial charge in [0.2, 0.25) is 5.95 Å². The number of nitrogens with one attached hydrogen (secondary N) is 1. The van der Waals surface area contributed by atoms with Gasteiger partial charge < -0.3 is 5.32 Å². The molecule has 2 aromatic heterocycles. The first-order valence-corrected chi connectivity index (χ1v) is 11.7. The van der Waals surface area contributed by atoms with E-state index in [0.29, 0.717) is 48.8 Å². The Hall–Kier alpha value is -3.78. The van der Waals surface area contributed by atoms with Gasteiger partial charge in [-0.3, -0.25) is 14.4 Å². The third-order valence-corrected chi connectivity index (χ3v) is 6.11. The number of likely N-dealkylation sites (tertiary alicyclic amines) is 1. The lowest BCUT2D eigenvalue weighted by Crippen LogP contribution is -2.40. The summed E-state index contributed by atoms with van der Waals surface area (Å²) in [5, 5.41) is 16.2. The van der Waals surface area contributed by atoms with Gasteiger partial charge in [0.05, 0.1) is 36.2 Å². The van der Waals surface area contributed by atoms with Crippen molar-refractivity contribution in [3.05, 3.63) is 54.0 Å². The summed E-state index contributed by atoms with van der Waals surface area (Å²) in [7, 11) is 0. The molecule has 4 rings (SSSR count). The van der Waals surface area contributed by atoms with Crippen molar-refractivity contribution in [2.24, 2.45) is 0 Å². The van der Waals surface area contributed by atoms with E-state index in [1.165, 1.54) is 4.90 Å². The van der Waals surface area contributed by atoms with Crippen LogP contribution in [0.2, 0.25) is 0 Å². The van der Waals surface area contributed by atoms with E-state index in [-0.39, 0.29) is 24.7 Å². The van der Waals surface area contributed by atoms with Crippen molar-refractivity contribution >= 4 is 17.4 Å². The second-order valence-corrected chi connectivity index (χ2v) is 8.84. The molecule has 11 heteroatoms. The minimum atomic E-state index is -4.18. The fraction of sp³-hybridized carbons (Fsp3) is 0.400. The third-order valence-electron chi connectivity index (χ3n) is 6.11. The molecule has 1 fully saturated rings. The average molecular weight is 498 g/mol. The van der Waals surface area contributed by atoms with Gasteiger partial charge in [0.25, 0.3) is 0 Å². The van der Waals surface area contributed by atoms with Crippen molar-refractivity contribution in [1.82, 2.24) is 24.6 Å². The lowest BCUT2D eigenvalue weighted by Gasteiger charge is -2.32. The molecular formula is C25H26F3N7O. The number of carbonyl (C=O) groups is 1. The number of hydrogen-bond donors (Lipinski definition) is 1. The Morgan fingerprint density at radius 1 is 1.19 bits per heavy atom. The van der Waals surface area contributed by atoms with Crippen molar-refractivity contribution in [2.45, 2.75) is 44.8 Å². The molecule has 0 spiro atoms. The quantitative estimate of drug-likeness (QED) is 0.433. The van der Waals surface area contributed by atoms with Gasteiger partial charge in [-0.2, -0.15) is 23.5 Å². The molecule has 0 saturated carbocycles. The van der Waals surface area contributed by atoms with Crippen LogP contribution in [-0.4, -0.2) is 56.2 Å². The van der Waals surface area contributed by atoms with Crippen LogP contribution in [0.3, 0.4) is 0 Å². The summed E-state index contributed by atoms with van der Waals surface area (Å²) in [6.07, 6.45) is 2.55. The first kappa shape index (κ1) is 25.3. The largest absolute Gasteiger partial charge is 0.401 e. The van der Waals surface area contributed by atoms with Crippen LogP contribution in [0, 0.1) is 18.3 Å². The number of anilines is 2. The maximum Gasteiger partial charge on any atom is 0.401 e. The van der Waals surface area contributed by atoms with Crippen LogP contribution in [0.4, 0.5) is 24.8 Å². The lowest BCUT2D eigenvalue weighted by molar-refractivity contribution is -0.148. The van der Waals surface area contributed by atoms with Gasteiger partial charge in [-0.05, 0) is 25.3 Å². The van der Waals surface area contributed by atoms with E-state index in [9.17, 15) is 18.0 Å². The zero-order valence-corrected chi connectivity index (χ0v) is 19.8. The Morgan fingerprint density at radius 3 is 2.58 bits per heavy atom. The van der Waals surface area contributed by atoms with Crippen LogP contribution in [0.25, 0.3) is 11.3 Å². The van der Waals surface area contributed by atoms with E-state index in [2.05, 4.69) is 20.4 Å².